The van der Waals surface area contributed by atoms with E-state index in [4.69, 9.17) is 10.8 Å². The molecule has 4 heteroatoms. The molecule has 10 heavy (non-hydrogen) atoms. The van der Waals surface area contributed by atoms with Gasteiger partial charge in [-0.05, 0) is 5.92 Å². The molecule has 1 rings (SSSR count). The predicted octanol–water partition coefficient (Wildman–Crippen LogP) is -0.0566. The minimum atomic E-state index is -0.861. The smallest absolute Gasteiger partial charge is 0.407 e. The molecule has 58 valence electrons. The van der Waals surface area contributed by atoms with Crippen LogP contribution in [0.25, 0.3) is 0 Å². The Bertz CT molecular complexity index is 139. The summed E-state index contributed by atoms with van der Waals surface area (Å²) in [7, 11) is 0. The number of carboxylic acid groups (broad SMARTS) is 1. The van der Waals surface area contributed by atoms with Crippen LogP contribution in [0.15, 0.2) is 0 Å². The van der Waals surface area contributed by atoms with E-state index in [2.05, 4.69) is 0 Å². The van der Waals surface area contributed by atoms with Gasteiger partial charge in [0.25, 0.3) is 0 Å². The first kappa shape index (κ1) is 7.34. The number of nitrogens with zero attached hydrogens (tertiary/aromatic N) is 1. The van der Waals surface area contributed by atoms with Gasteiger partial charge in [-0.1, -0.05) is 6.92 Å². The van der Waals surface area contributed by atoms with Crippen LogP contribution in [0.3, 0.4) is 0 Å². The summed E-state index contributed by atoms with van der Waals surface area (Å²) >= 11 is 0. The van der Waals surface area contributed by atoms with Gasteiger partial charge in [-0.15, -0.1) is 0 Å². The Morgan fingerprint density at radius 3 is 2.50 bits per heavy atom. The highest BCUT2D eigenvalue weighted by Crippen LogP contribution is 2.13. The molecule has 0 spiro atoms. The third-order valence-corrected chi connectivity index (χ3v) is 1.94. The van der Waals surface area contributed by atoms with E-state index < -0.39 is 6.09 Å². The van der Waals surface area contributed by atoms with Crippen molar-refractivity contribution in [1.29, 1.82) is 0 Å². The van der Waals surface area contributed by atoms with Crippen LogP contribution in [0, 0.1) is 5.92 Å². The number of likely N-dealkylation sites (tertiary alicyclic amines) is 1. The van der Waals surface area contributed by atoms with Crippen molar-refractivity contribution in [1.82, 2.24) is 4.90 Å². The molecule has 0 aromatic heterocycles. The van der Waals surface area contributed by atoms with Gasteiger partial charge in [0.1, 0.15) is 0 Å². The molecule has 0 aromatic carbocycles. The van der Waals surface area contributed by atoms with Gasteiger partial charge in [0.2, 0.25) is 0 Å². The highest BCUT2D eigenvalue weighted by molar-refractivity contribution is 5.65. The lowest BCUT2D eigenvalue weighted by atomic mass is 10.1. The number of hydrogen-bond acceptors (Lipinski definition) is 2. The van der Waals surface area contributed by atoms with Gasteiger partial charge in [-0.25, -0.2) is 4.79 Å². The standard InChI is InChI=1S/C6H12N2O2/c1-4-2-8(6(9)10)3-5(4)7/h4-5H,2-3,7H2,1H3,(H,9,10)/t4-,5-/m1/s1. The van der Waals surface area contributed by atoms with E-state index in [-0.39, 0.29) is 6.04 Å². The predicted molar refractivity (Wildman–Crippen MR) is 36.7 cm³/mol. The molecule has 1 heterocycles. The Morgan fingerprint density at radius 2 is 2.30 bits per heavy atom. The van der Waals surface area contributed by atoms with Gasteiger partial charge in [0, 0.05) is 19.1 Å². The third-order valence-electron chi connectivity index (χ3n) is 1.94. The molecule has 1 amide bonds. The van der Waals surface area contributed by atoms with Crippen LogP contribution in [-0.2, 0) is 0 Å². The average Bonchev–Trinajstić information content (AvgIpc) is 2.13. The molecule has 3 N–H and O–H groups in total. The Hall–Kier alpha value is -0.770. The Morgan fingerprint density at radius 1 is 1.70 bits per heavy atom. The zero-order valence-electron chi connectivity index (χ0n) is 5.95. The van der Waals surface area contributed by atoms with E-state index in [1.165, 1.54) is 4.90 Å². The quantitative estimate of drug-likeness (QED) is 0.500. The Kier molecular flexibility index (Phi) is 1.80. The van der Waals surface area contributed by atoms with Crippen molar-refractivity contribution >= 4 is 6.09 Å². The Balaban J connectivity index is 2.49. The van der Waals surface area contributed by atoms with E-state index in [1.807, 2.05) is 6.92 Å². The van der Waals surface area contributed by atoms with Crippen LogP contribution < -0.4 is 5.73 Å². The topological polar surface area (TPSA) is 66.6 Å². The summed E-state index contributed by atoms with van der Waals surface area (Å²) in [5.74, 6) is 0.302. The first-order valence-electron chi connectivity index (χ1n) is 3.34. The van der Waals surface area contributed by atoms with E-state index in [0.29, 0.717) is 19.0 Å². The minimum Gasteiger partial charge on any atom is -0.465 e. The zero-order chi connectivity index (χ0) is 7.72. The highest BCUT2D eigenvalue weighted by atomic mass is 16.4. The van der Waals surface area contributed by atoms with E-state index in [0.717, 1.165) is 0 Å². The van der Waals surface area contributed by atoms with Crippen molar-refractivity contribution in [2.75, 3.05) is 13.1 Å². The van der Waals surface area contributed by atoms with Crippen molar-refractivity contribution in [3.05, 3.63) is 0 Å². The maximum Gasteiger partial charge on any atom is 0.407 e. The first-order chi connectivity index (χ1) is 4.61. The fourth-order valence-electron chi connectivity index (χ4n) is 1.15. The monoisotopic (exact) mass is 144 g/mol. The van der Waals surface area contributed by atoms with Gasteiger partial charge < -0.3 is 15.7 Å². The highest BCUT2D eigenvalue weighted by Gasteiger charge is 2.29. The largest absolute Gasteiger partial charge is 0.465 e. The summed E-state index contributed by atoms with van der Waals surface area (Å²) in [6.07, 6.45) is -0.861. The normalized spacial score (nSPS) is 32.8. The van der Waals surface area contributed by atoms with Gasteiger partial charge >= 0.3 is 6.09 Å². The molecule has 0 unspecified atom stereocenters. The number of rotatable bonds is 0. The van der Waals surface area contributed by atoms with Gasteiger partial charge in [-0.3, -0.25) is 0 Å². The van der Waals surface area contributed by atoms with Crippen LogP contribution in [0.1, 0.15) is 6.92 Å². The second-order valence-corrected chi connectivity index (χ2v) is 2.83. The molecule has 1 fully saturated rings. The molecule has 2 atom stereocenters. The first-order valence-corrected chi connectivity index (χ1v) is 3.34. The van der Waals surface area contributed by atoms with Crippen molar-refractivity contribution in [3.63, 3.8) is 0 Å². The van der Waals surface area contributed by atoms with Gasteiger partial charge in [0.05, 0.1) is 0 Å². The van der Waals surface area contributed by atoms with Crippen LogP contribution in [0.4, 0.5) is 4.79 Å². The molecule has 4 nitrogen and oxygen atoms in total. The molecule has 1 aliphatic heterocycles. The molecule has 0 aliphatic carbocycles. The number of hydrogen-bond donors (Lipinski definition) is 2. The molecule has 0 radical (unpaired) electrons. The number of nitrogens with two attached hydrogens (primary N) is 1. The summed E-state index contributed by atoms with van der Waals surface area (Å²) in [5.41, 5.74) is 5.60. The van der Waals surface area contributed by atoms with Crippen LogP contribution in [-0.4, -0.2) is 35.2 Å². The molecule has 0 bridgehead atoms. The van der Waals surface area contributed by atoms with E-state index >= 15 is 0 Å². The Labute approximate surface area is 59.6 Å². The fourth-order valence-corrected chi connectivity index (χ4v) is 1.15. The summed E-state index contributed by atoms with van der Waals surface area (Å²) in [4.78, 5) is 11.7. The second-order valence-electron chi connectivity index (χ2n) is 2.83. The average molecular weight is 144 g/mol. The van der Waals surface area contributed by atoms with Crippen LogP contribution in [0.5, 0.6) is 0 Å². The summed E-state index contributed by atoms with van der Waals surface area (Å²) in [5, 5.41) is 8.52. The minimum absolute atomic E-state index is 0.0242. The maximum absolute atomic E-state index is 10.4. The summed E-state index contributed by atoms with van der Waals surface area (Å²) < 4.78 is 0. The van der Waals surface area contributed by atoms with Crippen molar-refractivity contribution in [3.8, 4) is 0 Å². The molecule has 1 aliphatic rings. The lowest BCUT2D eigenvalue weighted by Crippen LogP contribution is -2.30. The van der Waals surface area contributed by atoms with Crippen molar-refractivity contribution < 1.29 is 9.90 Å². The maximum atomic E-state index is 10.4. The second kappa shape index (κ2) is 2.46. The lowest BCUT2D eigenvalue weighted by molar-refractivity contribution is 0.154. The molecule has 0 saturated carbocycles. The lowest BCUT2D eigenvalue weighted by Gasteiger charge is -2.08. The number of amides is 1. The summed E-state index contributed by atoms with van der Waals surface area (Å²) in [6.45, 7) is 3.03. The number of carbonyl (C=O) groups is 1. The SMILES string of the molecule is C[C@@H]1CN(C(=O)O)C[C@H]1N. The fraction of sp³-hybridized carbons (Fsp3) is 0.833. The van der Waals surface area contributed by atoms with Crippen LogP contribution in [0.2, 0.25) is 0 Å². The van der Waals surface area contributed by atoms with E-state index in [1.54, 1.807) is 0 Å². The van der Waals surface area contributed by atoms with Crippen molar-refractivity contribution in [2.45, 2.75) is 13.0 Å². The van der Waals surface area contributed by atoms with Crippen molar-refractivity contribution in [2.24, 2.45) is 11.7 Å². The zero-order valence-corrected chi connectivity index (χ0v) is 5.95. The molecule has 0 aromatic rings. The van der Waals surface area contributed by atoms with Crippen LogP contribution >= 0.6 is 0 Å². The summed E-state index contributed by atoms with van der Waals surface area (Å²) in [6, 6.07) is 0.0242. The molecule has 1 saturated heterocycles. The molecular formula is C6H12N2O2. The van der Waals surface area contributed by atoms with E-state index in [9.17, 15) is 4.79 Å². The van der Waals surface area contributed by atoms with Gasteiger partial charge in [0.15, 0.2) is 0 Å². The third kappa shape index (κ3) is 1.21. The molecular weight excluding hydrogens is 132 g/mol. The van der Waals surface area contributed by atoms with Gasteiger partial charge in [-0.2, -0.15) is 0 Å².